The van der Waals surface area contributed by atoms with Crippen molar-refractivity contribution in [2.24, 2.45) is 53.1 Å². The van der Waals surface area contributed by atoms with Crippen molar-refractivity contribution in [2.45, 2.75) is 191 Å². The molecule has 14 atom stereocenters. The van der Waals surface area contributed by atoms with Crippen LogP contribution in [0.3, 0.4) is 0 Å². The molecule has 31 heteroatoms. The summed E-state index contributed by atoms with van der Waals surface area (Å²) in [6.45, 7) is 7.57. The van der Waals surface area contributed by atoms with E-state index in [-0.39, 0.29) is 103 Å². The lowest BCUT2D eigenvalue weighted by Gasteiger charge is -2.54. The SMILES string of the molecule is CCCCCOc1ccc(NC(=O)NC(=O)C[C@@H]2CC(=O)[C@H](NC(=O)[C@H](CC)CC(C)C)[C@H](O)c3ccc(c(Cl)c3)Oc3cc4cc(c3O[C@@H]3O[C@H](CN)[C@@H](O)[C@H](O)[C@H]3O)Oc3ccc(cc3Cl)[C@@H](O)[C@@H]3NC(=O)[C@H](CC(=O)[C@@H]4NC2=O)c2ccc(O)c(c2)-c2c(O)cc(O)cc2[C@@H](C(=O)CC2C4CC5CC(C4)CC2C5)NC3=O)cc1. The molecule has 5 fully saturated rings. The van der Waals surface area contributed by atoms with Gasteiger partial charge in [0.2, 0.25) is 41.6 Å². The maximum absolute atomic E-state index is 16.6. The second-order valence-corrected chi connectivity index (χ2v) is 32.9. The monoisotopic (exact) mass is 1640 g/mol. The predicted molar refractivity (Wildman–Crippen MR) is 420 cm³/mol. The average Bonchev–Trinajstić information content (AvgIpc) is 0.757. The smallest absolute Gasteiger partial charge is 0.325 e. The zero-order valence-corrected chi connectivity index (χ0v) is 65.8. The molecule has 6 heterocycles. The summed E-state index contributed by atoms with van der Waals surface area (Å²) in [4.78, 5) is 138. The lowest BCUT2D eigenvalue weighted by Crippen LogP contribution is -2.60. The number of nitrogens with two attached hydrogens (primary N) is 1. The van der Waals surface area contributed by atoms with Crippen molar-refractivity contribution < 1.29 is 108 Å². The molecule has 16 rings (SSSR count). The fourth-order valence-electron chi connectivity index (χ4n) is 17.8. The predicted octanol–water partition coefficient (Wildman–Crippen LogP) is 9.63. The standard InChI is InChI=1S/C85H97Cl2N7O22/c1-5-7-8-19-112-51-14-12-49(13-15-51)89-85(111)90-68(101)32-48-29-60(98)72(93-80(107)41(6-2)20-38(3)4)74(102)43-10-17-63(56(86)27-43)113-65-30-47-31-66(79(65)116-84-78(106)77(105)76(104)67(37-88)115-84)114-64-18-11-44(28-57(64)87)75(103)73-83(110)92-71(62(100)35-52-45-22-39-21-40(24-45)25-46(52)23-39)55-33-50(95)34-59(97)69(55)54-26-42(9-16-58(54)96)53(82(109)94-73)36-61(99)70(47)91-81(48)108/h9-18,26-28,30-31,33-34,38-41,45-46,48,52-53,67,70-78,84,95-97,102-106H,5-8,19-25,29,32,35-37,88H2,1-4H3,(H,91,108)(H,92,110)(H,93,107)(H,94,109)(H2,89,90,101,111)/t39?,40?,41-,45?,46?,48+,52?,53-,67-,70-,71+,72+,73+,74-,75-,76-,77+,78-,84+/m1/s1. The highest BCUT2D eigenvalue weighted by Gasteiger charge is 2.51. The van der Waals surface area contributed by atoms with Crippen molar-refractivity contribution >= 4 is 81.8 Å². The minimum Gasteiger partial charge on any atom is -0.508 e. The Bertz CT molecular complexity index is 4730. The van der Waals surface area contributed by atoms with Crippen LogP contribution in [0.5, 0.6) is 51.7 Å². The number of anilines is 1. The Morgan fingerprint density at radius 2 is 1.29 bits per heavy atom. The van der Waals surface area contributed by atoms with Crippen molar-refractivity contribution in [3.05, 3.63) is 141 Å². The summed E-state index contributed by atoms with van der Waals surface area (Å²) in [5, 5.41) is 110. The van der Waals surface area contributed by atoms with E-state index in [1.165, 1.54) is 60.7 Å². The van der Waals surface area contributed by atoms with Crippen LogP contribution in [0.2, 0.25) is 10.0 Å². The highest BCUT2D eigenvalue weighted by atomic mass is 35.5. The summed E-state index contributed by atoms with van der Waals surface area (Å²) in [5.41, 5.74) is 4.69. The number of Topliss-reactive ketones (excluding diaryl/α,β-unsaturated/α-hetero) is 3. The van der Waals surface area contributed by atoms with Crippen LogP contribution in [-0.2, 0) is 43.1 Å². The van der Waals surface area contributed by atoms with Gasteiger partial charge in [-0.1, -0.05) is 81.9 Å². The number of amides is 7. The number of hydrogen-bond donors (Lipinski definition) is 15. The number of ketones is 3. The zero-order chi connectivity index (χ0) is 82.8. The number of phenols is 3. The first-order valence-electron chi connectivity index (χ1n) is 39.5. The maximum atomic E-state index is 16.6. The van der Waals surface area contributed by atoms with Gasteiger partial charge in [-0.3, -0.25) is 43.7 Å². The molecule has 0 radical (unpaired) electrons. The van der Waals surface area contributed by atoms with Gasteiger partial charge < -0.3 is 96.9 Å². The molecule has 4 aliphatic carbocycles. The van der Waals surface area contributed by atoms with E-state index in [1.807, 2.05) is 13.8 Å². The molecule has 16 N–H and O–H groups in total. The van der Waals surface area contributed by atoms with Gasteiger partial charge in [-0.05, 0) is 194 Å². The molecule has 4 saturated carbocycles. The first-order valence-corrected chi connectivity index (χ1v) is 40.3. The van der Waals surface area contributed by atoms with E-state index in [1.54, 1.807) is 19.1 Å². The van der Waals surface area contributed by atoms with E-state index in [9.17, 15) is 55.2 Å². The van der Waals surface area contributed by atoms with Crippen LogP contribution in [0.4, 0.5) is 10.5 Å². The molecule has 6 aromatic rings. The van der Waals surface area contributed by atoms with Gasteiger partial charge in [0, 0.05) is 61.0 Å². The number of aromatic hydroxyl groups is 3. The van der Waals surface area contributed by atoms with Crippen LogP contribution >= 0.6 is 23.2 Å². The molecule has 618 valence electrons. The van der Waals surface area contributed by atoms with E-state index in [2.05, 4.69) is 38.8 Å². The Morgan fingerprint density at radius 1 is 0.647 bits per heavy atom. The van der Waals surface area contributed by atoms with Crippen LogP contribution in [0.1, 0.15) is 176 Å². The van der Waals surface area contributed by atoms with Crippen molar-refractivity contribution in [2.75, 3.05) is 18.5 Å². The number of carbonyl (C=O) groups is 9. The van der Waals surface area contributed by atoms with Crippen molar-refractivity contribution in [3.63, 3.8) is 0 Å². The molecule has 0 aromatic heterocycles. The van der Waals surface area contributed by atoms with E-state index >= 15 is 28.8 Å². The number of carbonyl (C=O) groups excluding carboxylic acids is 9. The second-order valence-electron chi connectivity index (χ2n) is 32.1. The van der Waals surface area contributed by atoms with Crippen molar-refractivity contribution in [1.29, 1.82) is 0 Å². The Balaban J connectivity index is 0.980. The number of fused-ring (bicyclic) bond motifs is 15. The second kappa shape index (κ2) is 35.9. The summed E-state index contributed by atoms with van der Waals surface area (Å²) < 4.78 is 31.6. The third kappa shape index (κ3) is 18.4. The molecule has 29 nitrogen and oxygen atoms in total. The number of imide groups is 1. The molecule has 1 saturated heterocycles. The Kier molecular flexibility index (Phi) is 26.0. The maximum Gasteiger partial charge on any atom is 0.325 e. The van der Waals surface area contributed by atoms with Crippen LogP contribution in [0, 0.1) is 47.3 Å². The van der Waals surface area contributed by atoms with Crippen molar-refractivity contribution in [3.8, 4) is 62.9 Å². The number of unbranched alkanes of at least 4 members (excludes halogenated alkanes) is 2. The Hall–Kier alpha value is -9.95. The van der Waals surface area contributed by atoms with E-state index in [0.29, 0.717) is 30.6 Å². The molecule has 10 aliphatic rings. The number of aliphatic hydroxyl groups is 5. The average molecular weight is 1640 g/mol. The molecule has 0 spiro atoms. The van der Waals surface area contributed by atoms with Crippen LogP contribution in [0.25, 0.3) is 11.1 Å². The fourth-order valence-corrected chi connectivity index (χ4v) is 18.2. The number of hydrogen-bond acceptors (Lipinski definition) is 23. The van der Waals surface area contributed by atoms with E-state index in [4.69, 9.17) is 52.6 Å². The molecule has 116 heavy (non-hydrogen) atoms. The first-order chi connectivity index (χ1) is 55.4. The van der Waals surface area contributed by atoms with Gasteiger partial charge in [-0.2, -0.15) is 0 Å². The van der Waals surface area contributed by atoms with Gasteiger partial charge in [0.15, 0.2) is 28.8 Å². The summed E-state index contributed by atoms with van der Waals surface area (Å²) in [6.07, 6.45) is -8.49. The zero-order valence-electron chi connectivity index (χ0n) is 64.3. The highest BCUT2D eigenvalue weighted by molar-refractivity contribution is 6.32. The number of halogens is 2. The minimum atomic E-state index is -2.21. The fraction of sp³-hybridized carbons (Fsp3) is 0.471. The van der Waals surface area contributed by atoms with Crippen LogP contribution in [0.15, 0.2) is 103 Å². The largest absolute Gasteiger partial charge is 0.508 e. The van der Waals surface area contributed by atoms with Gasteiger partial charge in [-0.15, -0.1) is 0 Å². The van der Waals surface area contributed by atoms with E-state index < -0.39 is 198 Å². The summed E-state index contributed by atoms with van der Waals surface area (Å²) in [6, 6.07) is 12.4. The number of rotatable bonds is 19. The molecule has 6 aromatic carbocycles. The molecular weight excluding hydrogens is 1540 g/mol. The number of nitrogens with one attached hydrogen (secondary N) is 6. The van der Waals surface area contributed by atoms with Gasteiger partial charge >= 0.3 is 6.03 Å². The van der Waals surface area contributed by atoms with Gasteiger partial charge in [0.25, 0.3) is 0 Å². The van der Waals surface area contributed by atoms with Crippen molar-refractivity contribution in [1.82, 2.24) is 26.6 Å². The third-order valence-corrected chi connectivity index (χ3v) is 24.2. The topological polar surface area (TPSA) is 460 Å². The number of urea groups is 1. The quantitative estimate of drug-likeness (QED) is 0.0335. The van der Waals surface area contributed by atoms with Gasteiger partial charge in [-0.25, -0.2) is 4.79 Å². The normalized spacial score (nSPS) is 27.9. The lowest BCUT2D eigenvalue weighted by atomic mass is 9.51. The molecule has 6 aliphatic heterocycles. The summed E-state index contributed by atoms with van der Waals surface area (Å²) in [5.74, 6) is -15.2. The van der Waals surface area contributed by atoms with Crippen LogP contribution < -0.4 is 56.6 Å². The van der Waals surface area contributed by atoms with Gasteiger partial charge in [0.1, 0.15) is 95.3 Å². The minimum absolute atomic E-state index is 0.0343. The highest BCUT2D eigenvalue weighted by Crippen LogP contribution is 2.58. The summed E-state index contributed by atoms with van der Waals surface area (Å²) in [7, 11) is 0. The molecule has 7 amide bonds. The number of aliphatic hydroxyl groups excluding tert-OH is 5. The Labute approximate surface area is 678 Å². The number of ether oxygens (including phenoxy) is 5. The molecule has 0 unspecified atom stereocenters. The van der Waals surface area contributed by atoms with E-state index in [0.717, 1.165) is 81.7 Å². The third-order valence-electron chi connectivity index (χ3n) is 23.6. The number of phenolic OH excluding ortho intramolecular Hbond substituents is 3. The Morgan fingerprint density at radius 3 is 1.91 bits per heavy atom. The van der Waals surface area contributed by atoms with Gasteiger partial charge in [0.05, 0.1) is 28.5 Å². The lowest BCUT2D eigenvalue weighted by molar-refractivity contribution is -0.270. The van der Waals surface area contributed by atoms with Crippen LogP contribution in [-0.4, -0.2) is 150 Å². The molecule has 15 bridgehead atoms. The summed E-state index contributed by atoms with van der Waals surface area (Å²) >= 11 is 14.3. The number of benzene rings is 6. The molecular formula is C85H97Cl2N7O22. The first kappa shape index (κ1) is 84.0.